The fraction of sp³-hybridized carbons (Fsp3) is 0.385. The van der Waals surface area contributed by atoms with Crippen LogP contribution in [0.25, 0.3) is 0 Å². The first-order valence-electron chi connectivity index (χ1n) is 5.80. The lowest BCUT2D eigenvalue weighted by atomic mass is 10.2. The molecule has 2 aromatic heterocycles. The van der Waals surface area contributed by atoms with Gasteiger partial charge in [0.1, 0.15) is 11.5 Å². The van der Waals surface area contributed by atoms with Gasteiger partial charge in [-0.05, 0) is 53.5 Å². The lowest BCUT2D eigenvalue weighted by Gasteiger charge is -2.25. The van der Waals surface area contributed by atoms with E-state index in [0.29, 0.717) is 6.54 Å². The fourth-order valence-electron chi connectivity index (χ4n) is 1.96. The van der Waals surface area contributed by atoms with E-state index in [1.165, 1.54) is 4.88 Å². The monoisotopic (exact) mass is 328 g/mol. The second kappa shape index (κ2) is 6.02. The molecule has 2 rings (SSSR count). The van der Waals surface area contributed by atoms with Gasteiger partial charge in [-0.15, -0.1) is 11.3 Å². The third-order valence-electron chi connectivity index (χ3n) is 2.90. The Kier molecular flexibility index (Phi) is 4.61. The Balaban J connectivity index is 2.11. The Labute approximate surface area is 120 Å². The van der Waals surface area contributed by atoms with Crippen LogP contribution < -0.4 is 5.73 Å². The second-order valence-electron chi connectivity index (χ2n) is 4.31. The van der Waals surface area contributed by atoms with Gasteiger partial charge in [-0.3, -0.25) is 4.90 Å². The van der Waals surface area contributed by atoms with E-state index in [1.807, 2.05) is 19.1 Å². The van der Waals surface area contributed by atoms with Crippen LogP contribution in [-0.2, 0) is 6.54 Å². The van der Waals surface area contributed by atoms with Crippen molar-refractivity contribution < 1.29 is 4.42 Å². The Bertz CT molecular complexity index is 509. The number of thiophene rings is 1. The Morgan fingerprint density at radius 1 is 1.44 bits per heavy atom. The van der Waals surface area contributed by atoms with Gasteiger partial charge in [-0.2, -0.15) is 0 Å². The molecule has 0 aliphatic heterocycles. The zero-order chi connectivity index (χ0) is 13.1. The van der Waals surface area contributed by atoms with E-state index in [2.05, 4.69) is 39.3 Å². The molecule has 0 spiro atoms. The van der Waals surface area contributed by atoms with Crippen molar-refractivity contribution >= 4 is 27.3 Å². The van der Waals surface area contributed by atoms with Crippen molar-refractivity contribution in [2.75, 3.05) is 13.6 Å². The molecular formula is C13H17BrN2OS. The Morgan fingerprint density at radius 2 is 2.22 bits per heavy atom. The molecule has 98 valence electrons. The van der Waals surface area contributed by atoms with Crippen molar-refractivity contribution in [2.45, 2.75) is 19.5 Å². The normalized spacial score (nSPS) is 13.2. The van der Waals surface area contributed by atoms with Crippen molar-refractivity contribution in [1.29, 1.82) is 0 Å². The summed E-state index contributed by atoms with van der Waals surface area (Å²) >= 11 is 5.30. The lowest BCUT2D eigenvalue weighted by Crippen LogP contribution is -2.29. The van der Waals surface area contributed by atoms with Crippen molar-refractivity contribution in [3.05, 3.63) is 44.4 Å². The number of nitrogens with two attached hydrogens (primary N) is 1. The number of hydrogen-bond acceptors (Lipinski definition) is 4. The highest BCUT2D eigenvalue weighted by Crippen LogP contribution is 2.32. The predicted octanol–water partition coefficient (Wildman–Crippen LogP) is 3.54. The number of aryl methyl sites for hydroxylation is 1. The maximum atomic E-state index is 5.91. The van der Waals surface area contributed by atoms with Gasteiger partial charge in [0.25, 0.3) is 0 Å². The number of rotatable bonds is 5. The van der Waals surface area contributed by atoms with Crippen molar-refractivity contribution in [3.63, 3.8) is 0 Å². The van der Waals surface area contributed by atoms with Crippen molar-refractivity contribution in [3.8, 4) is 0 Å². The highest BCUT2D eigenvalue weighted by atomic mass is 79.9. The van der Waals surface area contributed by atoms with E-state index in [4.69, 9.17) is 10.2 Å². The topological polar surface area (TPSA) is 42.4 Å². The summed E-state index contributed by atoms with van der Waals surface area (Å²) in [6.45, 7) is 3.31. The van der Waals surface area contributed by atoms with Crippen LogP contribution >= 0.6 is 27.3 Å². The van der Waals surface area contributed by atoms with Crippen LogP contribution in [0.4, 0.5) is 0 Å². The molecule has 1 unspecified atom stereocenters. The summed E-state index contributed by atoms with van der Waals surface area (Å²) in [6, 6.07) is 6.28. The molecule has 0 bridgehead atoms. The van der Waals surface area contributed by atoms with E-state index < -0.39 is 0 Å². The molecule has 18 heavy (non-hydrogen) atoms. The molecule has 0 aliphatic carbocycles. The molecule has 0 fully saturated rings. The minimum atomic E-state index is 0.213. The zero-order valence-corrected chi connectivity index (χ0v) is 12.9. The summed E-state index contributed by atoms with van der Waals surface area (Å²) in [4.78, 5) is 3.48. The van der Waals surface area contributed by atoms with Gasteiger partial charge in [0.15, 0.2) is 0 Å². The Morgan fingerprint density at radius 3 is 2.72 bits per heavy atom. The number of likely N-dealkylation sites (N-methyl/N-ethyl adjacent to an activating group) is 1. The first kappa shape index (κ1) is 13.8. The number of halogens is 1. The van der Waals surface area contributed by atoms with Gasteiger partial charge >= 0.3 is 0 Å². The van der Waals surface area contributed by atoms with Crippen LogP contribution in [0, 0.1) is 6.92 Å². The van der Waals surface area contributed by atoms with Crippen LogP contribution in [0.3, 0.4) is 0 Å². The van der Waals surface area contributed by atoms with Gasteiger partial charge in [0, 0.05) is 15.9 Å². The molecular weight excluding hydrogens is 312 g/mol. The van der Waals surface area contributed by atoms with E-state index in [-0.39, 0.29) is 6.04 Å². The van der Waals surface area contributed by atoms with Crippen molar-refractivity contribution in [2.24, 2.45) is 5.73 Å². The molecule has 1 atom stereocenters. The zero-order valence-electron chi connectivity index (χ0n) is 10.5. The molecule has 5 heteroatoms. The maximum Gasteiger partial charge on any atom is 0.118 e. The third-order valence-corrected chi connectivity index (χ3v) is 4.88. The fourth-order valence-corrected chi connectivity index (χ4v) is 3.77. The van der Waals surface area contributed by atoms with Crippen LogP contribution in [-0.4, -0.2) is 18.5 Å². The Hall–Kier alpha value is -0.620. The number of hydrogen-bond donors (Lipinski definition) is 1. The summed E-state index contributed by atoms with van der Waals surface area (Å²) in [5.41, 5.74) is 5.91. The quantitative estimate of drug-likeness (QED) is 0.912. The summed E-state index contributed by atoms with van der Waals surface area (Å²) < 4.78 is 6.74. The van der Waals surface area contributed by atoms with Gasteiger partial charge in [0.2, 0.25) is 0 Å². The maximum absolute atomic E-state index is 5.91. The highest BCUT2D eigenvalue weighted by Gasteiger charge is 2.20. The smallest absolute Gasteiger partial charge is 0.118 e. The lowest BCUT2D eigenvalue weighted by molar-refractivity contribution is 0.224. The molecule has 0 radical (unpaired) electrons. The van der Waals surface area contributed by atoms with Crippen LogP contribution in [0.2, 0.25) is 0 Å². The van der Waals surface area contributed by atoms with E-state index >= 15 is 0 Å². The summed E-state index contributed by atoms with van der Waals surface area (Å²) in [7, 11) is 2.07. The standard InChI is InChI=1S/C13H17BrN2OS/c1-9-3-4-10(17-9)8-16(2)12(7-15)13-11(14)5-6-18-13/h3-6,12H,7-8,15H2,1-2H3. The van der Waals surface area contributed by atoms with E-state index in [0.717, 1.165) is 22.5 Å². The second-order valence-corrected chi connectivity index (χ2v) is 6.11. The van der Waals surface area contributed by atoms with Crippen molar-refractivity contribution in [1.82, 2.24) is 4.90 Å². The molecule has 0 aliphatic rings. The molecule has 2 aromatic rings. The van der Waals surface area contributed by atoms with Gasteiger partial charge < -0.3 is 10.2 Å². The predicted molar refractivity (Wildman–Crippen MR) is 78.7 cm³/mol. The minimum Gasteiger partial charge on any atom is -0.465 e. The third kappa shape index (κ3) is 3.03. The molecule has 0 amide bonds. The SMILES string of the molecule is Cc1ccc(CN(C)C(CN)c2sccc2Br)o1. The molecule has 0 saturated carbocycles. The number of nitrogens with zero attached hydrogens (tertiary/aromatic N) is 1. The van der Waals surface area contributed by atoms with Gasteiger partial charge in [-0.25, -0.2) is 0 Å². The van der Waals surface area contributed by atoms with Gasteiger partial charge in [0.05, 0.1) is 12.6 Å². The molecule has 0 aromatic carbocycles. The van der Waals surface area contributed by atoms with Crippen LogP contribution in [0.1, 0.15) is 22.4 Å². The molecule has 3 nitrogen and oxygen atoms in total. The van der Waals surface area contributed by atoms with Gasteiger partial charge in [-0.1, -0.05) is 0 Å². The molecule has 2 heterocycles. The first-order valence-corrected chi connectivity index (χ1v) is 7.47. The molecule has 2 N–H and O–H groups in total. The number of furan rings is 1. The minimum absolute atomic E-state index is 0.213. The van der Waals surface area contributed by atoms with E-state index in [1.54, 1.807) is 11.3 Å². The summed E-state index contributed by atoms with van der Waals surface area (Å²) in [5, 5.41) is 2.08. The van der Waals surface area contributed by atoms with Crippen LogP contribution in [0.5, 0.6) is 0 Å². The average Bonchev–Trinajstić information content (AvgIpc) is 2.90. The molecule has 0 saturated heterocycles. The van der Waals surface area contributed by atoms with E-state index in [9.17, 15) is 0 Å². The highest BCUT2D eigenvalue weighted by molar-refractivity contribution is 9.10. The average molecular weight is 329 g/mol. The summed E-state index contributed by atoms with van der Waals surface area (Å²) in [5.74, 6) is 1.92. The first-order chi connectivity index (χ1) is 8.61. The van der Waals surface area contributed by atoms with Crippen LogP contribution in [0.15, 0.2) is 32.5 Å². The largest absolute Gasteiger partial charge is 0.465 e. The summed E-state index contributed by atoms with van der Waals surface area (Å²) in [6.07, 6.45) is 0.